The van der Waals surface area contributed by atoms with Crippen LogP contribution in [0.15, 0.2) is 42.5 Å². The van der Waals surface area contributed by atoms with Gasteiger partial charge in [-0.25, -0.2) is 0 Å². The predicted molar refractivity (Wildman–Crippen MR) is 118 cm³/mol. The van der Waals surface area contributed by atoms with E-state index in [1.807, 2.05) is 29.2 Å². The number of likely N-dealkylation sites (tertiary alicyclic amines) is 1. The van der Waals surface area contributed by atoms with E-state index in [2.05, 4.69) is 16.9 Å². The third-order valence-corrected chi connectivity index (χ3v) is 5.62. The van der Waals surface area contributed by atoms with Crippen LogP contribution >= 0.6 is 0 Å². The molecule has 1 unspecified atom stereocenters. The molecule has 1 atom stereocenters. The molecule has 0 radical (unpaired) electrons. The first-order valence-electron chi connectivity index (χ1n) is 11.2. The number of methoxy groups -OCH3 is 1. The maximum Gasteiger partial charge on any atom is 0.305 e. The Bertz CT molecular complexity index is 698. The van der Waals surface area contributed by atoms with Gasteiger partial charge in [-0.05, 0) is 50.2 Å². The van der Waals surface area contributed by atoms with E-state index in [0.717, 1.165) is 57.9 Å². The largest absolute Gasteiger partial charge is 0.469 e. The first-order chi connectivity index (χ1) is 14.6. The minimum Gasteiger partial charge on any atom is -0.469 e. The van der Waals surface area contributed by atoms with Gasteiger partial charge in [-0.2, -0.15) is 0 Å². The Morgan fingerprint density at radius 1 is 1.03 bits per heavy atom. The first-order valence-corrected chi connectivity index (χ1v) is 11.2. The number of ether oxygens (including phenoxy) is 1. The molecule has 164 valence electrons. The van der Waals surface area contributed by atoms with Gasteiger partial charge in [0.1, 0.15) is 0 Å². The van der Waals surface area contributed by atoms with Crippen LogP contribution in [0.3, 0.4) is 0 Å². The molecular weight excluding hydrogens is 378 g/mol. The van der Waals surface area contributed by atoms with Crippen molar-refractivity contribution in [3.05, 3.63) is 48.0 Å². The van der Waals surface area contributed by atoms with E-state index in [9.17, 15) is 14.4 Å². The lowest BCUT2D eigenvalue weighted by atomic mass is 10.1. The van der Waals surface area contributed by atoms with Gasteiger partial charge in [0.25, 0.3) is 0 Å². The molecule has 2 rings (SSSR count). The number of benzene rings is 1. The number of ketones is 1. The maximum atomic E-state index is 12.2. The van der Waals surface area contributed by atoms with Gasteiger partial charge in [0.2, 0.25) is 5.91 Å². The molecule has 1 aliphatic heterocycles. The van der Waals surface area contributed by atoms with Crippen LogP contribution in [0.1, 0.15) is 69.8 Å². The Morgan fingerprint density at radius 2 is 1.77 bits per heavy atom. The summed E-state index contributed by atoms with van der Waals surface area (Å²) < 4.78 is 4.64. The molecule has 0 bridgehead atoms. The van der Waals surface area contributed by atoms with E-state index >= 15 is 0 Å². The van der Waals surface area contributed by atoms with Gasteiger partial charge < -0.3 is 9.64 Å². The number of carbonyl (C=O) groups excluding carboxylic acids is 3. The summed E-state index contributed by atoms with van der Waals surface area (Å²) in [7, 11) is 1.41. The molecule has 1 fully saturated rings. The lowest BCUT2D eigenvalue weighted by Gasteiger charge is -2.22. The minimum absolute atomic E-state index is 0.0424. The Hall–Kier alpha value is -2.43. The van der Waals surface area contributed by atoms with Crippen LogP contribution < -0.4 is 0 Å². The summed E-state index contributed by atoms with van der Waals surface area (Å²) in [5.74, 6) is 0.152. The second-order valence-electron chi connectivity index (χ2n) is 7.95. The maximum absolute atomic E-state index is 12.2. The highest BCUT2D eigenvalue weighted by atomic mass is 16.5. The topological polar surface area (TPSA) is 63.7 Å². The fraction of sp³-hybridized carbons (Fsp3) is 0.560. The van der Waals surface area contributed by atoms with Gasteiger partial charge >= 0.3 is 5.97 Å². The van der Waals surface area contributed by atoms with Crippen molar-refractivity contribution in [1.29, 1.82) is 0 Å². The second kappa shape index (κ2) is 13.7. The number of aryl methyl sites for hydroxylation is 1. The molecule has 0 saturated carbocycles. The fourth-order valence-corrected chi connectivity index (χ4v) is 3.83. The highest BCUT2D eigenvalue weighted by Crippen LogP contribution is 2.21. The quantitative estimate of drug-likeness (QED) is 0.253. The number of esters is 1. The molecule has 0 aromatic heterocycles. The highest BCUT2D eigenvalue weighted by Gasteiger charge is 2.28. The predicted octanol–water partition coefficient (Wildman–Crippen LogP) is 4.64. The van der Waals surface area contributed by atoms with Crippen LogP contribution in [-0.2, 0) is 25.5 Å². The normalized spacial score (nSPS) is 16.4. The van der Waals surface area contributed by atoms with Crippen LogP contribution in [-0.4, -0.2) is 42.3 Å². The van der Waals surface area contributed by atoms with E-state index in [1.54, 1.807) is 6.08 Å². The van der Waals surface area contributed by atoms with Crippen molar-refractivity contribution in [2.45, 2.75) is 76.7 Å². The van der Waals surface area contributed by atoms with E-state index in [0.29, 0.717) is 19.3 Å². The van der Waals surface area contributed by atoms with E-state index in [-0.39, 0.29) is 23.7 Å². The lowest BCUT2D eigenvalue weighted by Crippen LogP contribution is -2.32. The minimum atomic E-state index is -0.167. The van der Waals surface area contributed by atoms with Crippen LogP contribution in [0.25, 0.3) is 0 Å². The third kappa shape index (κ3) is 8.93. The SMILES string of the molecule is COC(=O)CCCCCCN1C(=O)CCC1C=CC(=O)CCCCc1ccccc1. The second-order valence-corrected chi connectivity index (χ2v) is 7.95. The van der Waals surface area contributed by atoms with Gasteiger partial charge in [0, 0.05) is 25.8 Å². The van der Waals surface area contributed by atoms with E-state index in [4.69, 9.17) is 0 Å². The lowest BCUT2D eigenvalue weighted by molar-refractivity contribution is -0.140. The van der Waals surface area contributed by atoms with Gasteiger partial charge in [-0.1, -0.05) is 49.2 Å². The van der Waals surface area contributed by atoms with E-state index < -0.39 is 0 Å². The Morgan fingerprint density at radius 3 is 2.53 bits per heavy atom. The van der Waals surface area contributed by atoms with Gasteiger partial charge in [0.05, 0.1) is 13.2 Å². The smallest absolute Gasteiger partial charge is 0.305 e. The van der Waals surface area contributed by atoms with Crippen molar-refractivity contribution in [3.63, 3.8) is 0 Å². The molecule has 1 aromatic carbocycles. The number of amides is 1. The van der Waals surface area contributed by atoms with Crippen molar-refractivity contribution in [2.24, 2.45) is 0 Å². The summed E-state index contributed by atoms with van der Waals surface area (Å²) >= 11 is 0. The van der Waals surface area contributed by atoms with Crippen molar-refractivity contribution < 1.29 is 19.1 Å². The summed E-state index contributed by atoms with van der Waals surface area (Å²) in [6.07, 6.45) is 12.5. The molecule has 1 heterocycles. The van der Waals surface area contributed by atoms with Gasteiger partial charge in [-0.15, -0.1) is 0 Å². The van der Waals surface area contributed by atoms with Crippen molar-refractivity contribution in [1.82, 2.24) is 4.90 Å². The summed E-state index contributed by atoms with van der Waals surface area (Å²) in [5.41, 5.74) is 1.31. The number of carbonyl (C=O) groups is 3. The standard InChI is InChI=1S/C25H35NO4/c1-30-25(29)15-7-2-3-10-20-26-22(17-19-24(26)28)16-18-23(27)14-9-8-13-21-11-5-4-6-12-21/h4-6,11-12,16,18,22H,2-3,7-10,13-15,17,19-20H2,1H3. The van der Waals surface area contributed by atoms with Crippen molar-refractivity contribution in [2.75, 3.05) is 13.7 Å². The summed E-state index contributed by atoms with van der Waals surface area (Å²) in [4.78, 5) is 37.4. The molecule has 1 aromatic rings. The van der Waals surface area contributed by atoms with Gasteiger partial charge in [-0.3, -0.25) is 14.4 Å². The number of rotatable bonds is 14. The van der Waals surface area contributed by atoms with Crippen molar-refractivity contribution >= 4 is 17.7 Å². The van der Waals surface area contributed by atoms with Crippen molar-refractivity contribution in [3.8, 4) is 0 Å². The fourth-order valence-electron chi connectivity index (χ4n) is 3.83. The Kier molecular flexibility index (Phi) is 10.9. The molecule has 1 amide bonds. The molecule has 0 N–H and O–H groups in total. The molecular formula is C25H35NO4. The zero-order chi connectivity index (χ0) is 21.6. The molecule has 5 heteroatoms. The number of allylic oxidation sites excluding steroid dienone is 1. The number of unbranched alkanes of at least 4 members (excludes halogenated alkanes) is 4. The molecule has 0 spiro atoms. The molecule has 1 aliphatic rings. The van der Waals surface area contributed by atoms with Crippen LogP contribution in [0.4, 0.5) is 0 Å². The average Bonchev–Trinajstić information content (AvgIpc) is 3.12. The van der Waals surface area contributed by atoms with Crippen LogP contribution in [0, 0.1) is 0 Å². The third-order valence-electron chi connectivity index (χ3n) is 5.62. The number of nitrogens with zero attached hydrogens (tertiary/aromatic N) is 1. The van der Waals surface area contributed by atoms with E-state index in [1.165, 1.54) is 12.7 Å². The van der Waals surface area contributed by atoms with Crippen LogP contribution in [0.2, 0.25) is 0 Å². The molecule has 1 saturated heterocycles. The highest BCUT2D eigenvalue weighted by molar-refractivity contribution is 5.90. The first kappa shape index (κ1) is 23.8. The molecule has 0 aliphatic carbocycles. The van der Waals surface area contributed by atoms with Crippen LogP contribution in [0.5, 0.6) is 0 Å². The number of hydrogen-bond acceptors (Lipinski definition) is 4. The zero-order valence-electron chi connectivity index (χ0n) is 18.2. The summed E-state index contributed by atoms with van der Waals surface area (Å²) in [6.45, 7) is 0.720. The Labute approximate surface area is 180 Å². The van der Waals surface area contributed by atoms with Gasteiger partial charge in [0.15, 0.2) is 5.78 Å². The zero-order valence-corrected chi connectivity index (χ0v) is 18.2. The summed E-state index contributed by atoms with van der Waals surface area (Å²) in [6, 6.07) is 10.4. The number of hydrogen-bond donors (Lipinski definition) is 0. The molecule has 5 nitrogen and oxygen atoms in total. The average molecular weight is 414 g/mol. The monoisotopic (exact) mass is 413 g/mol. The summed E-state index contributed by atoms with van der Waals surface area (Å²) in [5, 5.41) is 0. The Balaban J connectivity index is 1.63. The molecule has 30 heavy (non-hydrogen) atoms.